The zero-order chi connectivity index (χ0) is 14.8. The predicted octanol–water partition coefficient (Wildman–Crippen LogP) is 3.72. The molecule has 0 heterocycles. The third kappa shape index (κ3) is 3.67. The van der Waals surface area contributed by atoms with Crippen LogP contribution in [0.2, 0.25) is 5.02 Å². The van der Waals surface area contributed by atoms with Crippen molar-refractivity contribution >= 4 is 37.6 Å². The van der Waals surface area contributed by atoms with Gasteiger partial charge in [0.15, 0.2) is 5.75 Å². The van der Waals surface area contributed by atoms with Crippen molar-refractivity contribution in [1.82, 2.24) is 4.72 Å². The zero-order valence-corrected chi connectivity index (χ0v) is 14.3. The number of benzene rings is 1. The minimum absolute atomic E-state index is 0.00351. The van der Waals surface area contributed by atoms with Crippen LogP contribution in [0.25, 0.3) is 0 Å². The van der Waals surface area contributed by atoms with Gasteiger partial charge in [-0.1, -0.05) is 30.9 Å². The summed E-state index contributed by atoms with van der Waals surface area (Å²) in [6.07, 6.45) is 5.05. The van der Waals surface area contributed by atoms with Crippen LogP contribution in [0.4, 0.5) is 0 Å². The largest absolute Gasteiger partial charge is 0.494 e. The monoisotopic (exact) mass is 381 g/mol. The third-order valence-electron chi connectivity index (χ3n) is 3.39. The second-order valence-electron chi connectivity index (χ2n) is 4.88. The Hall–Kier alpha value is -0.300. The van der Waals surface area contributed by atoms with Gasteiger partial charge >= 0.3 is 0 Å². The average molecular weight is 383 g/mol. The van der Waals surface area contributed by atoms with Crippen LogP contribution in [0.15, 0.2) is 21.5 Å². The van der Waals surface area contributed by atoms with Gasteiger partial charge in [-0.25, -0.2) is 13.1 Å². The zero-order valence-electron chi connectivity index (χ0n) is 11.2. The summed E-state index contributed by atoms with van der Waals surface area (Å²) in [4.78, 5) is 0.0740. The molecule has 112 valence electrons. The van der Waals surface area contributed by atoms with Crippen LogP contribution >= 0.6 is 27.5 Å². The molecule has 0 aliphatic heterocycles. The molecule has 0 bridgehead atoms. The van der Waals surface area contributed by atoms with E-state index in [1.54, 1.807) is 6.07 Å². The number of ether oxygens (including phenoxy) is 1. The second-order valence-corrected chi connectivity index (χ2v) is 7.85. The highest BCUT2D eigenvalue weighted by atomic mass is 79.9. The number of hydrogen-bond acceptors (Lipinski definition) is 3. The highest BCUT2D eigenvalue weighted by Crippen LogP contribution is 2.35. The van der Waals surface area contributed by atoms with E-state index in [0.717, 1.165) is 25.7 Å². The van der Waals surface area contributed by atoms with E-state index in [1.165, 1.54) is 19.6 Å². The molecule has 1 saturated carbocycles. The van der Waals surface area contributed by atoms with Gasteiger partial charge < -0.3 is 4.74 Å². The molecule has 0 aromatic heterocycles. The first-order chi connectivity index (χ1) is 9.44. The summed E-state index contributed by atoms with van der Waals surface area (Å²) < 4.78 is 33.5. The first-order valence-electron chi connectivity index (χ1n) is 6.49. The summed E-state index contributed by atoms with van der Waals surface area (Å²) in [7, 11) is -2.20. The van der Waals surface area contributed by atoms with Gasteiger partial charge in [0, 0.05) is 11.1 Å². The summed E-state index contributed by atoms with van der Waals surface area (Å²) in [5, 5.41) is 0.349. The van der Waals surface area contributed by atoms with E-state index in [-0.39, 0.29) is 16.7 Å². The van der Waals surface area contributed by atoms with Crippen molar-refractivity contribution < 1.29 is 13.2 Å². The van der Waals surface area contributed by atoms with Crippen LogP contribution in [0.5, 0.6) is 5.75 Å². The molecule has 20 heavy (non-hydrogen) atoms. The Morgan fingerprint density at radius 2 is 1.95 bits per heavy atom. The molecule has 0 radical (unpaired) electrons. The third-order valence-corrected chi connectivity index (χ3v) is 5.73. The van der Waals surface area contributed by atoms with Crippen molar-refractivity contribution in [3.05, 3.63) is 21.6 Å². The molecule has 1 fully saturated rings. The molecule has 0 saturated heterocycles. The highest BCUT2D eigenvalue weighted by molar-refractivity contribution is 9.10. The van der Waals surface area contributed by atoms with Gasteiger partial charge in [-0.3, -0.25) is 0 Å². The Morgan fingerprint density at radius 3 is 2.55 bits per heavy atom. The maximum Gasteiger partial charge on any atom is 0.244 e. The standard InChI is InChI=1S/C13H17BrClNO3S/c1-19-13-11(14)7-9(15)8-12(13)20(17,18)16-10-5-3-2-4-6-10/h7-8,10,16H,2-6H2,1H3. The number of methoxy groups -OCH3 is 1. The van der Waals surface area contributed by atoms with Crippen molar-refractivity contribution in [3.8, 4) is 5.75 Å². The molecule has 7 heteroatoms. The molecule has 0 unspecified atom stereocenters. The molecule has 1 aromatic carbocycles. The molecule has 4 nitrogen and oxygen atoms in total. The Bertz CT molecular complexity index is 586. The molecule has 0 spiro atoms. The highest BCUT2D eigenvalue weighted by Gasteiger charge is 2.26. The van der Waals surface area contributed by atoms with Gasteiger partial charge in [-0.2, -0.15) is 0 Å². The molecule has 1 N–H and O–H groups in total. The van der Waals surface area contributed by atoms with E-state index in [1.807, 2.05) is 0 Å². The van der Waals surface area contributed by atoms with Gasteiger partial charge in [0.05, 0.1) is 11.6 Å². The van der Waals surface area contributed by atoms with Gasteiger partial charge in [0.2, 0.25) is 10.0 Å². The van der Waals surface area contributed by atoms with Crippen LogP contribution in [-0.2, 0) is 10.0 Å². The summed E-state index contributed by atoms with van der Waals surface area (Å²) in [6.45, 7) is 0. The summed E-state index contributed by atoms with van der Waals surface area (Å²) in [6, 6.07) is 3.02. The number of rotatable bonds is 4. The minimum Gasteiger partial charge on any atom is -0.494 e. The lowest BCUT2D eigenvalue weighted by Gasteiger charge is -2.23. The molecular formula is C13H17BrClNO3S. The predicted molar refractivity (Wildman–Crippen MR) is 82.9 cm³/mol. The van der Waals surface area contributed by atoms with Gasteiger partial charge in [-0.15, -0.1) is 0 Å². The fraction of sp³-hybridized carbons (Fsp3) is 0.538. The molecule has 2 rings (SSSR count). The van der Waals surface area contributed by atoms with Crippen molar-refractivity contribution in [2.45, 2.75) is 43.0 Å². The molecular weight excluding hydrogens is 366 g/mol. The number of nitrogens with one attached hydrogen (secondary N) is 1. The quantitative estimate of drug-likeness (QED) is 0.863. The maximum atomic E-state index is 12.5. The lowest BCUT2D eigenvalue weighted by atomic mass is 9.96. The normalized spacial score (nSPS) is 17.1. The first kappa shape index (κ1) is 16.1. The Morgan fingerprint density at radius 1 is 1.30 bits per heavy atom. The van der Waals surface area contributed by atoms with E-state index in [2.05, 4.69) is 20.7 Å². The molecule has 0 atom stereocenters. The van der Waals surface area contributed by atoms with E-state index in [0.29, 0.717) is 9.50 Å². The lowest BCUT2D eigenvalue weighted by Crippen LogP contribution is -2.36. The fourth-order valence-corrected chi connectivity index (χ4v) is 5.13. The molecule has 1 aliphatic rings. The van der Waals surface area contributed by atoms with Crippen LogP contribution in [-0.4, -0.2) is 21.6 Å². The second kappa shape index (κ2) is 6.64. The molecule has 1 aliphatic carbocycles. The first-order valence-corrected chi connectivity index (χ1v) is 9.15. The lowest BCUT2D eigenvalue weighted by molar-refractivity contribution is 0.394. The Balaban J connectivity index is 2.33. The number of halogens is 2. The minimum atomic E-state index is -3.64. The van der Waals surface area contributed by atoms with Crippen molar-refractivity contribution in [3.63, 3.8) is 0 Å². The van der Waals surface area contributed by atoms with Crippen LogP contribution < -0.4 is 9.46 Å². The van der Waals surface area contributed by atoms with Crippen LogP contribution in [0.1, 0.15) is 32.1 Å². The Kier molecular flexibility index (Phi) is 5.34. The summed E-state index contributed by atoms with van der Waals surface area (Å²) in [5.41, 5.74) is 0. The van der Waals surface area contributed by atoms with Gasteiger partial charge in [-0.05, 0) is 40.9 Å². The van der Waals surface area contributed by atoms with E-state index >= 15 is 0 Å². The smallest absolute Gasteiger partial charge is 0.244 e. The molecule has 0 amide bonds. The van der Waals surface area contributed by atoms with Gasteiger partial charge in [0.1, 0.15) is 4.90 Å². The van der Waals surface area contributed by atoms with Crippen LogP contribution in [0.3, 0.4) is 0 Å². The fourth-order valence-electron chi connectivity index (χ4n) is 2.44. The molecule has 1 aromatic rings. The maximum absolute atomic E-state index is 12.5. The van der Waals surface area contributed by atoms with Crippen molar-refractivity contribution in [1.29, 1.82) is 0 Å². The number of sulfonamides is 1. The van der Waals surface area contributed by atoms with E-state index < -0.39 is 10.0 Å². The van der Waals surface area contributed by atoms with E-state index in [9.17, 15) is 8.42 Å². The van der Waals surface area contributed by atoms with Crippen LogP contribution in [0, 0.1) is 0 Å². The number of hydrogen-bond donors (Lipinski definition) is 1. The average Bonchev–Trinajstić information content (AvgIpc) is 2.38. The van der Waals surface area contributed by atoms with Gasteiger partial charge in [0.25, 0.3) is 0 Å². The topological polar surface area (TPSA) is 55.4 Å². The van der Waals surface area contributed by atoms with Crippen molar-refractivity contribution in [2.24, 2.45) is 0 Å². The van der Waals surface area contributed by atoms with Crippen molar-refractivity contribution in [2.75, 3.05) is 7.11 Å². The summed E-state index contributed by atoms with van der Waals surface area (Å²) >= 11 is 9.22. The summed E-state index contributed by atoms with van der Waals surface area (Å²) in [5.74, 6) is 0.276. The Labute approximate surface area is 133 Å². The SMILES string of the molecule is COc1c(Br)cc(Cl)cc1S(=O)(=O)NC1CCCCC1. The van der Waals surface area contributed by atoms with E-state index in [4.69, 9.17) is 16.3 Å².